The number of carboxylic acids is 1. The predicted octanol–water partition coefficient (Wildman–Crippen LogP) is 4.68. The van der Waals surface area contributed by atoms with Crippen molar-refractivity contribution < 1.29 is 28.6 Å². The highest BCUT2D eigenvalue weighted by molar-refractivity contribution is 6.00. The van der Waals surface area contributed by atoms with Crippen molar-refractivity contribution in [3.05, 3.63) is 88.7 Å². The molecule has 1 aliphatic rings. The zero-order valence-electron chi connectivity index (χ0n) is 19.1. The van der Waals surface area contributed by atoms with Crippen LogP contribution < -0.4 is 10.2 Å². The lowest BCUT2D eigenvalue weighted by molar-refractivity contribution is -0.0454. The maximum absolute atomic E-state index is 14.2. The Hall–Kier alpha value is -3.75. The number of carbonyl (C=O) groups is 1. The molecule has 0 aromatic heterocycles. The Morgan fingerprint density at radius 1 is 1.12 bits per heavy atom. The lowest BCUT2D eigenvalue weighted by Crippen LogP contribution is -2.25. The van der Waals surface area contributed by atoms with Crippen LogP contribution in [0.4, 0.5) is 4.39 Å². The first kappa shape index (κ1) is 23.4. The van der Waals surface area contributed by atoms with Crippen molar-refractivity contribution in [1.29, 1.82) is 0 Å². The number of nitrogens with one attached hydrogen (secondary N) is 1. The quantitative estimate of drug-likeness (QED) is 0.471. The third-order valence-corrected chi connectivity index (χ3v) is 5.64. The second-order valence-electron chi connectivity index (χ2n) is 8.01. The van der Waals surface area contributed by atoms with Crippen LogP contribution in [-0.4, -0.2) is 37.2 Å². The summed E-state index contributed by atoms with van der Waals surface area (Å²) in [7, 11) is 1.61. The van der Waals surface area contributed by atoms with Gasteiger partial charge in [0.2, 0.25) is 5.72 Å². The van der Waals surface area contributed by atoms with Gasteiger partial charge >= 0.3 is 5.97 Å². The first-order valence-corrected chi connectivity index (χ1v) is 10.7. The van der Waals surface area contributed by atoms with E-state index in [0.29, 0.717) is 30.4 Å². The van der Waals surface area contributed by atoms with E-state index in [2.05, 4.69) is 10.5 Å². The topological polar surface area (TPSA) is 89.4 Å². The molecule has 176 valence electrons. The molecule has 4 rings (SSSR count). The molecule has 1 aliphatic heterocycles. The van der Waals surface area contributed by atoms with Crippen LogP contribution in [0.5, 0.6) is 5.75 Å². The summed E-state index contributed by atoms with van der Waals surface area (Å²) in [4.78, 5) is 21.5. The van der Waals surface area contributed by atoms with Gasteiger partial charge in [0.25, 0.3) is 0 Å². The summed E-state index contributed by atoms with van der Waals surface area (Å²) in [5.74, 6) is -1.22. The molecule has 0 spiro atoms. The van der Waals surface area contributed by atoms with Gasteiger partial charge in [-0.1, -0.05) is 42.5 Å². The van der Waals surface area contributed by atoms with E-state index in [-0.39, 0.29) is 0 Å². The van der Waals surface area contributed by atoms with Gasteiger partial charge in [-0.25, -0.2) is 24.5 Å². The summed E-state index contributed by atoms with van der Waals surface area (Å²) in [5.41, 5.74) is 5.42. The van der Waals surface area contributed by atoms with Gasteiger partial charge < -0.3 is 14.6 Å². The van der Waals surface area contributed by atoms with Crippen molar-refractivity contribution in [3.63, 3.8) is 0 Å². The molecule has 0 saturated carbocycles. The third-order valence-electron chi connectivity index (χ3n) is 5.64. The molecule has 0 fully saturated rings. The summed E-state index contributed by atoms with van der Waals surface area (Å²) < 4.78 is 25.3. The number of amidine groups is 1. The van der Waals surface area contributed by atoms with Crippen LogP contribution in [0.15, 0.2) is 65.7 Å². The van der Waals surface area contributed by atoms with Crippen LogP contribution in [0.2, 0.25) is 0 Å². The molecule has 3 aromatic carbocycles. The van der Waals surface area contributed by atoms with Crippen molar-refractivity contribution in [3.8, 4) is 16.9 Å². The number of aryl methyl sites for hydroxylation is 1. The van der Waals surface area contributed by atoms with Crippen LogP contribution in [-0.2, 0) is 15.3 Å². The lowest BCUT2D eigenvalue weighted by atomic mass is 9.96. The lowest BCUT2D eigenvalue weighted by Gasteiger charge is -2.22. The monoisotopic (exact) mass is 464 g/mol. The summed E-state index contributed by atoms with van der Waals surface area (Å²) in [6, 6.07) is 17.6. The number of aromatic carboxylic acids is 1. The van der Waals surface area contributed by atoms with Gasteiger partial charge in [-0.15, -0.1) is 0 Å². The average molecular weight is 464 g/mol. The molecular weight excluding hydrogens is 439 g/mol. The first-order chi connectivity index (χ1) is 16.3. The molecule has 34 heavy (non-hydrogen) atoms. The van der Waals surface area contributed by atoms with Crippen LogP contribution in [0.1, 0.15) is 34.0 Å². The molecule has 3 aromatic rings. The van der Waals surface area contributed by atoms with E-state index >= 15 is 0 Å². The maximum Gasteiger partial charge on any atom is 0.338 e. The molecule has 0 radical (unpaired) electrons. The highest BCUT2D eigenvalue weighted by Crippen LogP contribution is 2.38. The Morgan fingerprint density at radius 2 is 1.91 bits per heavy atom. The van der Waals surface area contributed by atoms with E-state index < -0.39 is 23.1 Å². The highest BCUT2D eigenvalue weighted by atomic mass is 19.1. The highest BCUT2D eigenvalue weighted by Gasteiger charge is 2.35. The molecule has 0 amide bonds. The molecule has 0 aliphatic carbocycles. The summed E-state index contributed by atoms with van der Waals surface area (Å²) in [6.45, 7) is 4.63. The summed E-state index contributed by atoms with van der Waals surface area (Å²) >= 11 is 0. The van der Waals surface area contributed by atoms with Crippen LogP contribution in [0.25, 0.3) is 11.1 Å². The number of carboxylic acid groups (broad SMARTS) is 1. The fourth-order valence-corrected chi connectivity index (χ4v) is 3.75. The fourth-order valence-electron chi connectivity index (χ4n) is 3.75. The minimum Gasteiger partial charge on any atom is -0.491 e. The first-order valence-electron chi connectivity index (χ1n) is 10.7. The van der Waals surface area contributed by atoms with E-state index in [1.807, 2.05) is 49.4 Å². The van der Waals surface area contributed by atoms with Crippen molar-refractivity contribution in [2.45, 2.75) is 19.6 Å². The normalized spacial score (nSPS) is 17.2. The van der Waals surface area contributed by atoms with Gasteiger partial charge in [-0.05, 0) is 43.2 Å². The van der Waals surface area contributed by atoms with E-state index in [0.717, 1.165) is 28.3 Å². The predicted molar refractivity (Wildman–Crippen MR) is 125 cm³/mol. The number of methoxy groups -OCH3 is 1. The number of hydrogen-bond acceptors (Lipinski definition) is 6. The number of hydroxylamine groups is 1. The van der Waals surface area contributed by atoms with Crippen LogP contribution in [0, 0.1) is 12.7 Å². The van der Waals surface area contributed by atoms with Gasteiger partial charge in [0.15, 0.2) is 5.84 Å². The zero-order chi connectivity index (χ0) is 24.3. The average Bonchev–Trinajstić information content (AvgIpc) is 3.23. The van der Waals surface area contributed by atoms with Crippen LogP contribution >= 0.6 is 0 Å². The van der Waals surface area contributed by atoms with Gasteiger partial charge in [-0.2, -0.15) is 0 Å². The minimum atomic E-state index is -1.33. The molecule has 1 heterocycles. The van der Waals surface area contributed by atoms with Crippen molar-refractivity contribution in [1.82, 2.24) is 5.48 Å². The molecule has 1 atom stereocenters. The number of benzene rings is 3. The summed E-state index contributed by atoms with van der Waals surface area (Å²) in [5, 5.41) is 9.05. The second kappa shape index (κ2) is 9.62. The number of nitrogens with zero attached hydrogens (tertiary/aromatic N) is 1. The largest absolute Gasteiger partial charge is 0.491 e. The van der Waals surface area contributed by atoms with E-state index in [1.54, 1.807) is 14.0 Å². The van der Waals surface area contributed by atoms with E-state index in [1.165, 1.54) is 12.1 Å². The fraction of sp³-hybridized carbons (Fsp3) is 0.231. The smallest absolute Gasteiger partial charge is 0.338 e. The molecule has 1 unspecified atom stereocenters. The standard InChI is InChI=1S/C26H25FN2O5/c1-16-6-4-5-7-19(16)20-11-9-18(15-23(20)33-13-12-32-3)26(2)28-24(29-34-26)17-8-10-21(25(30)31)22(27)14-17/h4-11,14-15H,12-13H2,1-3H3,(H,28,29)(H,30,31). The molecule has 7 nitrogen and oxygen atoms in total. The number of rotatable bonds is 8. The third kappa shape index (κ3) is 4.64. The van der Waals surface area contributed by atoms with Gasteiger partial charge in [-0.3, -0.25) is 0 Å². The van der Waals surface area contributed by atoms with Gasteiger partial charge in [0.05, 0.1) is 12.2 Å². The second-order valence-corrected chi connectivity index (χ2v) is 8.01. The van der Waals surface area contributed by atoms with Gasteiger partial charge in [0, 0.05) is 23.8 Å². The Morgan fingerprint density at radius 3 is 2.62 bits per heavy atom. The maximum atomic E-state index is 14.2. The summed E-state index contributed by atoms with van der Waals surface area (Å²) in [6.07, 6.45) is 0. The number of aliphatic imine (C=N–C) groups is 1. The Kier molecular flexibility index (Phi) is 6.63. The van der Waals surface area contributed by atoms with E-state index in [9.17, 15) is 9.18 Å². The molecule has 0 bridgehead atoms. The molecular formula is C26H25FN2O5. The van der Waals surface area contributed by atoms with E-state index in [4.69, 9.17) is 19.4 Å². The van der Waals surface area contributed by atoms with Crippen molar-refractivity contribution in [2.24, 2.45) is 4.99 Å². The van der Waals surface area contributed by atoms with Crippen LogP contribution in [0.3, 0.4) is 0 Å². The van der Waals surface area contributed by atoms with Gasteiger partial charge in [0.1, 0.15) is 18.2 Å². The van der Waals surface area contributed by atoms with Crippen molar-refractivity contribution in [2.75, 3.05) is 20.3 Å². The Bertz CT molecular complexity index is 1260. The Labute approximate surface area is 196 Å². The SMILES string of the molecule is COCCOc1cc(C2(C)N=C(c3ccc(C(=O)O)c(F)c3)NO2)ccc1-c1ccccc1C. The molecule has 2 N–H and O–H groups in total. The number of halogens is 1. The minimum absolute atomic E-state index is 0.295. The zero-order valence-corrected chi connectivity index (χ0v) is 19.1. The Balaban J connectivity index is 1.70. The molecule has 0 saturated heterocycles. The number of hydrogen-bond donors (Lipinski definition) is 2. The number of ether oxygens (including phenoxy) is 2. The molecule has 8 heteroatoms. The van der Waals surface area contributed by atoms with Crippen molar-refractivity contribution >= 4 is 11.8 Å².